The molecule has 0 amide bonds. The lowest BCUT2D eigenvalue weighted by atomic mass is 10.2. The van der Waals surface area contributed by atoms with Crippen LogP contribution in [0.2, 0.25) is 0 Å². The summed E-state index contributed by atoms with van der Waals surface area (Å²) in [7, 11) is 0. The Balaban J connectivity index is 2.11. The molecule has 3 aromatic rings. The van der Waals surface area contributed by atoms with Gasteiger partial charge in [0.25, 0.3) is 0 Å². The molecule has 0 atom stereocenters. The van der Waals surface area contributed by atoms with Crippen LogP contribution in [-0.2, 0) is 16.1 Å². The summed E-state index contributed by atoms with van der Waals surface area (Å²) in [6, 6.07) is 13.6. The Morgan fingerprint density at radius 2 is 1.91 bits per heavy atom. The van der Waals surface area contributed by atoms with E-state index in [0.717, 1.165) is 16.6 Å². The van der Waals surface area contributed by atoms with Crippen molar-refractivity contribution in [3.63, 3.8) is 0 Å². The Bertz CT molecular complexity index is 809. The van der Waals surface area contributed by atoms with Crippen LogP contribution in [0.4, 0.5) is 4.39 Å². The lowest BCUT2D eigenvalue weighted by molar-refractivity contribution is -0.143. The molecule has 5 heteroatoms. The first-order valence-corrected chi connectivity index (χ1v) is 7.06. The number of hydrogen-bond donors (Lipinski definition) is 0. The molecule has 0 aliphatic heterocycles. The minimum Gasteiger partial charge on any atom is -0.465 e. The molecule has 0 spiro atoms. The highest BCUT2D eigenvalue weighted by Gasteiger charge is 2.15. The fourth-order valence-corrected chi connectivity index (χ4v) is 2.39. The van der Waals surface area contributed by atoms with E-state index in [1.54, 1.807) is 23.6 Å². The predicted molar refractivity (Wildman–Crippen MR) is 81.8 cm³/mol. The van der Waals surface area contributed by atoms with Gasteiger partial charge in [0.1, 0.15) is 18.2 Å². The van der Waals surface area contributed by atoms with E-state index in [4.69, 9.17) is 4.74 Å². The van der Waals surface area contributed by atoms with Crippen molar-refractivity contribution in [2.45, 2.75) is 13.5 Å². The first-order valence-electron chi connectivity index (χ1n) is 7.06. The number of imidazole rings is 1. The second-order valence-electron chi connectivity index (χ2n) is 4.82. The van der Waals surface area contributed by atoms with Crippen molar-refractivity contribution >= 4 is 17.0 Å². The SMILES string of the molecule is CCOC(=O)Cn1c(-c2ccc(F)cc2)nc2ccccc21. The largest absolute Gasteiger partial charge is 0.465 e. The fraction of sp³-hybridized carbons (Fsp3) is 0.176. The molecule has 0 bridgehead atoms. The molecule has 112 valence electrons. The molecule has 0 saturated heterocycles. The van der Waals surface area contributed by atoms with Gasteiger partial charge in [0, 0.05) is 5.56 Å². The van der Waals surface area contributed by atoms with Crippen LogP contribution in [0.15, 0.2) is 48.5 Å². The zero-order chi connectivity index (χ0) is 15.5. The van der Waals surface area contributed by atoms with E-state index >= 15 is 0 Å². The smallest absolute Gasteiger partial charge is 0.326 e. The van der Waals surface area contributed by atoms with Crippen molar-refractivity contribution in [3.05, 3.63) is 54.3 Å². The summed E-state index contributed by atoms with van der Waals surface area (Å²) in [6.45, 7) is 2.17. The standard InChI is InChI=1S/C17H15FN2O2/c1-2-22-16(21)11-20-15-6-4-3-5-14(15)19-17(20)12-7-9-13(18)10-8-12/h3-10H,2,11H2,1H3. The Morgan fingerprint density at radius 1 is 1.18 bits per heavy atom. The second kappa shape index (κ2) is 5.97. The topological polar surface area (TPSA) is 44.1 Å². The molecule has 1 aromatic heterocycles. The van der Waals surface area contributed by atoms with Crippen molar-refractivity contribution in [2.24, 2.45) is 0 Å². The molecule has 3 rings (SSSR count). The normalized spacial score (nSPS) is 10.8. The summed E-state index contributed by atoms with van der Waals surface area (Å²) in [6.07, 6.45) is 0. The maximum atomic E-state index is 13.1. The number of carbonyl (C=O) groups is 1. The number of ether oxygens (including phenoxy) is 1. The Labute approximate surface area is 127 Å². The zero-order valence-electron chi connectivity index (χ0n) is 12.1. The second-order valence-corrected chi connectivity index (χ2v) is 4.82. The van der Waals surface area contributed by atoms with Crippen LogP contribution in [0, 0.1) is 5.82 Å². The van der Waals surface area contributed by atoms with Gasteiger partial charge in [0.05, 0.1) is 17.6 Å². The number of benzene rings is 2. The van der Waals surface area contributed by atoms with Crippen LogP contribution < -0.4 is 0 Å². The highest BCUT2D eigenvalue weighted by molar-refractivity contribution is 5.83. The highest BCUT2D eigenvalue weighted by Crippen LogP contribution is 2.25. The molecular formula is C17H15FN2O2. The van der Waals surface area contributed by atoms with E-state index in [0.29, 0.717) is 12.4 Å². The van der Waals surface area contributed by atoms with Gasteiger partial charge in [-0.05, 0) is 43.3 Å². The first kappa shape index (κ1) is 14.3. The minimum absolute atomic E-state index is 0.0705. The first-order chi connectivity index (χ1) is 10.7. The quantitative estimate of drug-likeness (QED) is 0.693. The van der Waals surface area contributed by atoms with E-state index in [1.165, 1.54) is 12.1 Å². The van der Waals surface area contributed by atoms with Gasteiger partial charge in [-0.15, -0.1) is 0 Å². The Morgan fingerprint density at radius 3 is 2.64 bits per heavy atom. The van der Waals surface area contributed by atoms with Crippen LogP contribution in [0.25, 0.3) is 22.4 Å². The predicted octanol–water partition coefficient (Wildman–Crippen LogP) is 3.41. The number of hydrogen-bond acceptors (Lipinski definition) is 3. The molecule has 22 heavy (non-hydrogen) atoms. The van der Waals surface area contributed by atoms with Gasteiger partial charge >= 0.3 is 5.97 Å². The van der Waals surface area contributed by atoms with Crippen LogP contribution in [0.5, 0.6) is 0 Å². The van der Waals surface area contributed by atoms with Gasteiger partial charge in [0.15, 0.2) is 0 Å². The zero-order valence-corrected chi connectivity index (χ0v) is 12.1. The molecule has 0 aliphatic rings. The summed E-state index contributed by atoms with van der Waals surface area (Å²) >= 11 is 0. The number of halogens is 1. The number of para-hydroxylation sites is 2. The summed E-state index contributed by atoms with van der Waals surface area (Å²) in [4.78, 5) is 16.4. The molecule has 0 N–H and O–H groups in total. The summed E-state index contributed by atoms with van der Waals surface area (Å²) < 4.78 is 19.9. The fourth-order valence-electron chi connectivity index (χ4n) is 2.39. The number of nitrogens with zero attached hydrogens (tertiary/aromatic N) is 2. The van der Waals surface area contributed by atoms with Crippen LogP contribution >= 0.6 is 0 Å². The maximum absolute atomic E-state index is 13.1. The van der Waals surface area contributed by atoms with Gasteiger partial charge < -0.3 is 9.30 Å². The third kappa shape index (κ3) is 2.70. The molecule has 0 unspecified atom stereocenters. The molecule has 0 saturated carbocycles. The van der Waals surface area contributed by atoms with Gasteiger partial charge in [-0.1, -0.05) is 12.1 Å². The van der Waals surface area contributed by atoms with Crippen molar-refractivity contribution < 1.29 is 13.9 Å². The maximum Gasteiger partial charge on any atom is 0.326 e. The number of fused-ring (bicyclic) bond motifs is 1. The van der Waals surface area contributed by atoms with Crippen LogP contribution in [0.3, 0.4) is 0 Å². The summed E-state index contributed by atoms with van der Waals surface area (Å²) in [5.74, 6) is -0.0138. The van der Waals surface area contributed by atoms with Gasteiger partial charge in [-0.3, -0.25) is 4.79 Å². The van der Waals surface area contributed by atoms with Gasteiger partial charge in [0.2, 0.25) is 0 Å². The number of carbonyl (C=O) groups excluding carboxylic acids is 1. The van der Waals surface area contributed by atoms with Crippen molar-refractivity contribution in [1.29, 1.82) is 0 Å². The molecule has 0 aliphatic carbocycles. The molecule has 1 heterocycles. The number of esters is 1. The molecule has 2 aromatic carbocycles. The van der Waals surface area contributed by atoms with E-state index in [9.17, 15) is 9.18 Å². The van der Waals surface area contributed by atoms with Gasteiger partial charge in [-0.2, -0.15) is 0 Å². The van der Waals surface area contributed by atoms with Crippen LogP contribution in [0.1, 0.15) is 6.92 Å². The molecule has 0 fully saturated rings. The Hall–Kier alpha value is -2.69. The minimum atomic E-state index is -0.325. The van der Waals surface area contributed by atoms with E-state index < -0.39 is 0 Å². The molecule has 4 nitrogen and oxygen atoms in total. The average Bonchev–Trinajstić information content (AvgIpc) is 2.87. The summed E-state index contributed by atoms with van der Waals surface area (Å²) in [5, 5.41) is 0. The third-order valence-corrected chi connectivity index (χ3v) is 3.35. The monoisotopic (exact) mass is 298 g/mol. The number of rotatable bonds is 4. The molecule has 0 radical (unpaired) electrons. The van der Waals surface area contributed by atoms with E-state index in [1.807, 2.05) is 24.3 Å². The average molecular weight is 298 g/mol. The third-order valence-electron chi connectivity index (χ3n) is 3.35. The van der Waals surface area contributed by atoms with Crippen molar-refractivity contribution in [1.82, 2.24) is 9.55 Å². The number of aromatic nitrogens is 2. The summed E-state index contributed by atoms with van der Waals surface area (Å²) in [5.41, 5.74) is 2.38. The van der Waals surface area contributed by atoms with Gasteiger partial charge in [-0.25, -0.2) is 9.37 Å². The van der Waals surface area contributed by atoms with Crippen LogP contribution in [-0.4, -0.2) is 22.1 Å². The highest BCUT2D eigenvalue weighted by atomic mass is 19.1. The van der Waals surface area contributed by atoms with E-state index in [-0.39, 0.29) is 18.3 Å². The van der Waals surface area contributed by atoms with Crippen molar-refractivity contribution in [2.75, 3.05) is 6.61 Å². The Kier molecular flexibility index (Phi) is 3.87. The van der Waals surface area contributed by atoms with Crippen molar-refractivity contribution in [3.8, 4) is 11.4 Å². The molecular weight excluding hydrogens is 283 g/mol. The lowest BCUT2D eigenvalue weighted by Crippen LogP contribution is -2.14. The van der Waals surface area contributed by atoms with E-state index in [2.05, 4.69) is 4.98 Å². The lowest BCUT2D eigenvalue weighted by Gasteiger charge is -2.08.